The van der Waals surface area contributed by atoms with Crippen molar-refractivity contribution in [3.63, 3.8) is 0 Å². The maximum atomic E-state index is 11.5. The highest BCUT2D eigenvalue weighted by molar-refractivity contribution is 5.89. The number of nitrogens with zero attached hydrogens (tertiary/aromatic N) is 1. The fourth-order valence-corrected chi connectivity index (χ4v) is 1.17. The zero-order valence-electron chi connectivity index (χ0n) is 9.91. The van der Waals surface area contributed by atoms with Gasteiger partial charge in [-0.3, -0.25) is 10.1 Å². The van der Waals surface area contributed by atoms with Crippen molar-refractivity contribution >= 4 is 11.7 Å². The summed E-state index contributed by atoms with van der Waals surface area (Å²) in [4.78, 5) is 21.4. The molecule has 0 aromatic heterocycles. The van der Waals surface area contributed by atoms with Crippen molar-refractivity contribution < 1.29 is 14.5 Å². The van der Waals surface area contributed by atoms with Crippen molar-refractivity contribution in [1.29, 1.82) is 0 Å². The summed E-state index contributed by atoms with van der Waals surface area (Å²) in [5.74, 6) is -0.505. The number of carbonyl (C=O) groups is 1. The number of nitro benzene ring substituents is 1. The van der Waals surface area contributed by atoms with E-state index in [0.717, 1.165) is 0 Å². The number of rotatable bonds is 5. The highest BCUT2D eigenvalue weighted by Crippen LogP contribution is 2.12. The third kappa shape index (κ3) is 4.21. The summed E-state index contributed by atoms with van der Waals surface area (Å²) in [5.41, 5.74) is 0.236. The van der Waals surface area contributed by atoms with Gasteiger partial charge < -0.3 is 4.74 Å². The molecule has 1 aromatic carbocycles. The lowest BCUT2D eigenvalue weighted by Gasteiger charge is -2.01. The second-order valence-corrected chi connectivity index (χ2v) is 3.36. The zero-order chi connectivity index (χ0) is 13.4. The van der Waals surface area contributed by atoms with Crippen molar-refractivity contribution in [3.05, 3.63) is 64.2 Å². The molecule has 0 unspecified atom stereocenters. The summed E-state index contributed by atoms with van der Waals surface area (Å²) < 4.78 is 4.95. The first-order valence-corrected chi connectivity index (χ1v) is 5.34. The van der Waals surface area contributed by atoms with Crippen LogP contribution in [0, 0.1) is 10.1 Å². The van der Waals surface area contributed by atoms with E-state index in [1.165, 1.54) is 24.3 Å². The van der Waals surface area contributed by atoms with Gasteiger partial charge in [0.05, 0.1) is 10.5 Å². The van der Waals surface area contributed by atoms with Crippen LogP contribution in [0.3, 0.4) is 0 Å². The van der Waals surface area contributed by atoms with Gasteiger partial charge in [-0.25, -0.2) is 4.79 Å². The second-order valence-electron chi connectivity index (χ2n) is 3.36. The standard InChI is InChI=1S/C13H13NO4/c1-2-3-4-5-10-18-13(15)11-6-8-12(9-7-11)14(16)17/h2-9H,10H2,1H3/b3-2+,5-4+. The molecule has 0 N–H and O–H groups in total. The summed E-state index contributed by atoms with van der Waals surface area (Å²) in [5, 5.41) is 10.4. The Morgan fingerprint density at radius 3 is 2.56 bits per heavy atom. The molecule has 0 saturated heterocycles. The van der Waals surface area contributed by atoms with Crippen molar-refractivity contribution in [2.45, 2.75) is 6.92 Å². The maximum absolute atomic E-state index is 11.5. The van der Waals surface area contributed by atoms with Crippen LogP contribution in [0.5, 0.6) is 0 Å². The minimum absolute atomic E-state index is 0.0560. The Morgan fingerprint density at radius 2 is 2.00 bits per heavy atom. The molecule has 0 aliphatic rings. The molecular formula is C13H13NO4. The second kappa shape index (κ2) is 7.01. The molecule has 0 amide bonds. The van der Waals surface area contributed by atoms with Crippen molar-refractivity contribution in [2.75, 3.05) is 6.61 Å². The Bertz CT molecular complexity index is 474. The monoisotopic (exact) mass is 247 g/mol. The van der Waals surface area contributed by atoms with Crippen LogP contribution in [-0.2, 0) is 4.74 Å². The molecule has 5 heteroatoms. The zero-order valence-corrected chi connectivity index (χ0v) is 9.91. The Morgan fingerprint density at radius 1 is 1.33 bits per heavy atom. The van der Waals surface area contributed by atoms with Gasteiger partial charge in [0, 0.05) is 12.1 Å². The van der Waals surface area contributed by atoms with Gasteiger partial charge in [-0.15, -0.1) is 0 Å². The Kier molecular flexibility index (Phi) is 5.31. The molecule has 0 aliphatic carbocycles. The smallest absolute Gasteiger partial charge is 0.338 e. The Labute approximate surface area is 105 Å². The van der Waals surface area contributed by atoms with Gasteiger partial charge in [-0.2, -0.15) is 0 Å². The molecule has 1 aromatic rings. The van der Waals surface area contributed by atoms with Gasteiger partial charge in [0.25, 0.3) is 5.69 Å². The molecule has 0 saturated carbocycles. The minimum Gasteiger partial charge on any atom is -0.458 e. The quantitative estimate of drug-likeness (QED) is 0.347. The van der Waals surface area contributed by atoms with Crippen LogP contribution in [0.2, 0.25) is 0 Å². The van der Waals surface area contributed by atoms with Gasteiger partial charge in [0.2, 0.25) is 0 Å². The first-order valence-electron chi connectivity index (χ1n) is 5.34. The normalized spacial score (nSPS) is 10.9. The lowest BCUT2D eigenvalue weighted by atomic mass is 10.2. The van der Waals surface area contributed by atoms with Crippen molar-refractivity contribution in [1.82, 2.24) is 0 Å². The van der Waals surface area contributed by atoms with Gasteiger partial charge >= 0.3 is 5.97 Å². The fourth-order valence-electron chi connectivity index (χ4n) is 1.17. The number of hydrogen-bond donors (Lipinski definition) is 0. The fraction of sp³-hybridized carbons (Fsp3) is 0.154. The number of benzene rings is 1. The van der Waals surface area contributed by atoms with Crippen LogP contribution < -0.4 is 0 Å². The van der Waals surface area contributed by atoms with Gasteiger partial charge in [0.1, 0.15) is 6.61 Å². The molecular weight excluding hydrogens is 234 g/mol. The predicted molar refractivity (Wildman–Crippen MR) is 67.3 cm³/mol. The van der Waals surface area contributed by atoms with Crippen LogP contribution in [0.4, 0.5) is 5.69 Å². The molecule has 0 bridgehead atoms. The number of nitro groups is 1. The summed E-state index contributed by atoms with van der Waals surface area (Å²) in [6.07, 6.45) is 7.14. The maximum Gasteiger partial charge on any atom is 0.338 e. The molecule has 5 nitrogen and oxygen atoms in total. The van der Waals surface area contributed by atoms with E-state index >= 15 is 0 Å². The molecule has 0 fully saturated rings. The first kappa shape index (κ1) is 13.6. The topological polar surface area (TPSA) is 69.4 Å². The molecule has 0 aliphatic heterocycles. The van der Waals surface area contributed by atoms with E-state index in [4.69, 9.17) is 4.74 Å². The summed E-state index contributed by atoms with van der Waals surface area (Å²) in [6.45, 7) is 2.05. The molecule has 0 heterocycles. The number of ether oxygens (including phenoxy) is 1. The number of hydrogen-bond acceptors (Lipinski definition) is 4. The predicted octanol–water partition coefficient (Wildman–Crippen LogP) is 2.88. The van der Waals surface area contributed by atoms with Crippen LogP contribution >= 0.6 is 0 Å². The molecule has 0 atom stereocenters. The Hall–Kier alpha value is -2.43. The molecule has 0 spiro atoms. The summed E-state index contributed by atoms with van der Waals surface area (Å²) >= 11 is 0. The molecule has 94 valence electrons. The molecule has 18 heavy (non-hydrogen) atoms. The Balaban J connectivity index is 2.54. The number of carbonyl (C=O) groups excluding carboxylic acids is 1. The van der Waals surface area contributed by atoms with E-state index in [1.54, 1.807) is 12.2 Å². The van der Waals surface area contributed by atoms with Crippen LogP contribution in [0.25, 0.3) is 0 Å². The summed E-state index contributed by atoms with van der Waals surface area (Å²) in [6, 6.07) is 5.28. The SMILES string of the molecule is C/C=C/C=C/COC(=O)c1ccc([N+](=O)[O-])cc1. The van der Waals surface area contributed by atoms with E-state index in [1.807, 2.05) is 19.1 Å². The largest absolute Gasteiger partial charge is 0.458 e. The van der Waals surface area contributed by atoms with E-state index in [-0.39, 0.29) is 12.3 Å². The average Bonchev–Trinajstić information content (AvgIpc) is 2.38. The third-order valence-corrected chi connectivity index (χ3v) is 2.06. The van der Waals surface area contributed by atoms with E-state index in [9.17, 15) is 14.9 Å². The van der Waals surface area contributed by atoms with E-state index in [2.05, 4.69) is 0 Å². The minimum atomic E-state index is -0.519. The van der Waals surface area contributed by atoms with Crippen LogP contribution in [0.1, 0.15) is 17.3 Å². The molecule has 0 radical (unpaired) electrons. The molecule has 1 rings (SSSR count). The average molecular weight is 247 g/mol. The highest BCUT2D eigenvalue weighted by Gasteiger charge is 2.09. The van der Waals surface area contributed by atoms with E-state index < -0.39 is 10.9 Å². The van der Waals surface area contributed by atoms with Crippen LogP contribution in [0.15, 0.2) is 48.6 Å². The van der Waals surface area contributed by atoms with Crippen LogP contribution in [-0.4, -0.2) is 17.5 Å². The summed E-state index contributed by atoms with van der Waals surface area (Å²) in [7, 11) is 0. The van der Waals surface area contributed by atoms with Gasteiger partial charge in [-0.05, 0) is 25.1 Å². The van der Waals surface area contributed by atoms with Crippen molar-refractivity contribution in [2.24, 2.45) is 0 Å². The third-order valence-electron chi connectivity index (χ3n) is 2.06. The van der Waals surface area contributed by atoms with Gasteiger partial charge in [0.15, 0.2) is 0 Å². The lowest BCUT2D eigenvalue weighted by molar-refractivity contribution is -0.384. The first-order chi connectivity index (χ1) is 8.65. The number of esters is 1. The highest BCUT2D eigenvalue weighted by atomic mass is 16.6. The lowest BCUT2D eigenvalue weighted by Crippen LogP contribution is -2.05. The van der Waals surface area contributed by atoms with Crippen molar-refractivity contribution in [3.8, 4) is 0 Å². The van der Waals surface area contributed by atoms with E-state index in [0.29, 0.717) is 5.56 Å². The number of non-ortho nitro benzene ring substituents is 1. The number of allylic oxidation sites excluding steroid dienone is 3. The van der Waals surface area contributed by atoms with Gasteiger partial charge in [-0.1, -0.05) is 18.2 Å².